The summed E-state index contributed by atoms with van der Waals surface area (Å²) >= 11 is 0. The van der Waals surface area contributed by atoms with Crippen molar-refractivity contribution in [3.8, 4) is 0 Å². The Bertz CT molecular complexity index is 176. The first-order valence-corrected chi connectivity index (χ1v) is 4.29. The van der Waals surface area contributed by atoms with E-state index in [4.69, 9.17) is 5.73 Å². The van der Waals surface area contributed by atoms with Crippen molar-refractivity contribution in [1.82, 2.24) is 4.90 Å². The molecule has 0 bridgehead atoms. The Morgan fingerprint density at radius 3 is 2.67 bits per heavy atom. The van der Waals surface area contributed by atoms with Gasteiger partial charge in [-0.3, -0.25) is 9.69 Å². The summed E-state index contributed by atoms with van der Waals surface area (Å²) in [5.41, 5.74) is 4.49. The van der Waals surface area contributed by atoms with E-state index in [0.29, 0.717) is 26.1 Å². The molecule has 0 spiro atoms. The minimum Gasteiger partial charge on any atom is -0.387 e. The highest BCUT2D eigenvalue weighted by molar-refractivity contribution is 5.73. The van der Waals surface area contributed by atoms with E-state index in [2.05, 4.69) is 0 Å². The van der Waals surface area contributed by atoms with Gasteiger partial charge in [-0.15, -0.1) is 0 Å². The molecule has 1 aliphatic rings. The van der Waals surface area contributed by atoms with Crippen LogP contribution in [0, 0.1) is 0 Å². The number of rotatable bonds is 4. The van der Waals surface area contributed by atoms with Crippen molar-refractivity contribution in [2.45, 2.75) is 25.4 Å². The smallest absolute Gasteiger partial charge is 0.218 e. The highest BCUT2D eigenvalue weighted by atomic mass is 16.3. The molecule has 0 radical (unpaired) electrons. The number of nitrogens with two attached hydrogens (primary N) is 1. The number of hydrogen-bond donors (Lipinski definition) is 2. The molecule has 1 amide bonds. The van der Waals surface area contributed by atoms with Gasteiger partial charge in [-0.05, 0) is 6.42 Å². The maximum atomic E-state index is 10.4. The highest BCUT2D eigenvalue weighted by Crippen LogP contribution is 2.23. The Kier molecular flexibility index (Phi) is 2.69. The molecule has 3 N–H and O–H groups in total. The summed E-state index contributed by atoms with van der Waals surface area (Å²) in [6.07, 6.45) is 1.17. The molecule has 0 aliphatic carbocycles. The van der Waals surface area contributed by atoms with Gasteiger partial charge < -0.3 is 10.8 Å². The van der Waals surface area contributed by atoms with Gasteiger partial charge in [-0.2, -0.15) is 0 Å². The standard InChI is InChI=1S/C8H16N2O2/c1-2-8(12)5-10(6-8)4-3-7(9)11/h12H,2-6H2,1H3,(H2,9,11). The lowest BCUT2D eigenvalue weighted by Gasteiger charge is -2.46. The zero-order valence-electron chi connectivity index (χ0n) is 7.42. The molecule has 0 unspecified atom stereocenters. The molecule has 1 fully saturated rings. The minimum absolute atomic E-state index is 0.276. The van der Waals surface area contributed by atoms with Crippen LogP contribution in [-0.2, 0) is 4.79 Å². The number of likely N-dealkylation sites (tertiary alicyclic amines) is 1. The predicted molar refractivity (Wildman–Crippen MR) is 45.5 cm³/mol. The molecule has 1 rings (SSSR count). The number of nitrogens with zero attached hydrogens (tertiary/aromatic N) is 1. The van der Waals surface area contributed by atoms with E-state index in [1.807, 2.05) is 11.8 Å². The Hall–Kier alpha value is -0.610. The van der Waals surface area contributed by atoms with E-state index in [-0.39, 0.29) is 5.91 Å². The van der Waals surface area contributed by atoms with E-state index in [0.717, 1.165) is 6.42 Å². The average molecular weight is 172 g/mol. The summed E-state index contributed by atoms with van der Waals surface area (Å²) in [5.74, 6) is -0.276. The Balaban J connectivity index is 2.13. The quantitative estimate of drug-likeness (QED) is 0.590. The molecular formula is C8H16N2O2. The first kappa shape index (κ1) is 9.48. The van der Waals surface area contributed by atoms with Crippen molar-refractivity contribution < 1.29 is 9.90 Å². The highest BCUT2D eigenvalue weighted by Gasteiger charge is 2.38. The average Bonchev–Trinajstić information content (AvgIpc) is 1.95. The molecule has 1 saturated heterocycles. The summed E-state index contributed by atoms with van der Waals surface area (Å²) in [7, 11) is 0. The summed E-state index contributed by atoms with van der Waals surface area (Å²) in [6, 6.07) is 0. The van der Waals surface area contributed by atoms with Crippen LogP contribution in [0.2, 0.25) is 0 Å². The van der Waals surface area contributed by atoms with Crippen LogP contribution in [0.1, 0.15) is 19.8 Å². The first-order valence-electron chi connectivity index (χ1n) is 4.29. The second-order valence-corrected chi connectivity index (χ2v) is 3.50. The van der Waals surface area contributed by atoms with Crippen LogP contribution >= 0.6 is 0 Å². The lowest BCUT2D eigenvalue weighted by atomic mass is 9.91. The Labute approximate surface area is 72.3 Å². The third-order valence-corrected chi connectivity index (χ3v) is 2.37. The van der Waals surface area contributed by atoms with Gasteiger partial charge in [0.15, 0.2) is 0 Å². The molecule has 12 heavy (non-hydrogen) atoms. The van der Waals surface area contributed by atoms with Crippen LogP contribution < -0.4 is 5.73 Å². The van der Waals surface area contributed by atoms with Crippen LogP contribution in [0.3, 0.4) is 0 Å². The molecule has 1 aliphatic heterocycles. The molecule has 0 aromatic rings. The van der Waals surface area contributed by atoms with Gasteiger partial charge in [0, 0.05) is 26.1 Å². The van der Waals surface area contributed by atoms with Gasteiger partial charge in [0.1, 0.15) is 0 Å². The third kappa shape index (κ3) is 2.19. The predicted octanol–water partition coefficient (Wildman–Crippen LogP) is -0.681. The molecule has 0 aromatic carbocycles. The molecular weight excluding hydrogens is 156 g/mol. The number of carbonyl (C=O) groups excluding carboxylic acids is 1. The van der Waals surface area contributed by atoms with Crippen molar-refractivity contribution in [1.29, 1.82) is 0 Å². The van der Waals surface area contributed by atoms with Crippen molar-refractivity contribution in [2.24, 2.45) is 5.73 Å². The van der Waals surface area contributed by atoms with E-state index in [1.165, 1.54) is 0 Å². The lowest BCUT2D eigenvalue weighted by molar-refractivity contribution is -0.122. The first-order chi connectivity index (χ1) is 5.56. The van der Waals surface area contributed by atoms with Gasteiger partial charge in [0.2, 0.25) is 5.91 Å². The van der Waals surface area contributed by atoms with Crippen LogP contribution in [-0.4, -0.2) is 41.1 Å². The molecule has 0 saturated carbocycles. The number of aliphatic hydroxyl groups is 1. The lowest BCUT2D eigenvalue weighted by Crippen LogP contribution is -2.61. The van der Waals surface area contributed by atoms with Crippen molar-refractivity contribution >= 4 is 5.91 Å². The zero-order valence-corrected chi connectivity index (χ0v) is 7.42. The number of hydrogen-bond acceptors (Lipinski definition) is 3. The van der Waals surface area contributed by atoms with Crippen LogP contribution in [0.4, 0.5) is 0 Å². The van der Waals surface area contributed by atoms with E-state index < -0.39 is 5.60 Å². The Morgan fingerprint density at radius 1 is 1.67 bits per heavy atom. The minimum atomic E-state index is -0.502. The fourth-order valence-corrected chi connectivity index (χ4v) is 1.44. The molecule has 70 valence electrons. The summed E-state index contributed by atoms with van der Waals surface area (Å²) in [4.78, 5) is 12.4. The van der Waals surface area contributed by atoms with Gasteiger partial charge in [0.05, 0.1) is 5.60 Å². The number of β-amino-alcohol motifs (C(OH)–C–C–N with tert-alkyl or cyclic N) is 1. The van der Waals surface area contributed by atoms with Gasteiger partial charge in [-0.25, -0.2) is 0 Å². The van der Waals surface area contributed by atoms with Crippen molar-refractivity contribution in [3.63, 3.8) is 0 Å². The molecule has 4 nitrogen and oxygen atoms in total. The maximum absolute atomic E-state index is 10.4. The molecule has 1 heterocycles. The SMILES string of the molecule is CCC1(O)CN(CCC(N)=O)C1. The normalized spacial score (nSPS) is 21.8. The molecule has 0 aromatic heterocycles. The molecule has 0 atom stereocenters. The van der Waals surface area contributed by atoms with Crippen LogP contribution in [0.5, 0.6) is 0 Å². The Morgan fingerprint density at radius 2 is 2.25 bits per heavy atom. The van der Waals surface area contributed by atoms with E-state index >= 15 is 0 Å². The van der Waals surface area contributed by atoms with Crippen molar-refractivity contribution in [2.75, 3.05) is 19.6 Å². The monoisotopic (exact) mass is 172 g/mol. The topological polar surface area (TPSA) is 66.6 Å². The van der Waals surface area contributed by atoms with Crippen LogP contribution in [0.25, 0.3) is 0 Å². The van der Waals surface area contributed by atoms with Gasteiger partial charge >= 0.3 is 0 Å². The zero-order chi connectivity index (χ0) is 9.19. The van der Waals surface area contributed by atoms with Crippen molar-refractivity contribution in [3.05, 3.63) is 0 Å². The third-order valence-electron chi connectivity index (χ3n) is 2.37. The number of primary amides is 1. The summed E-state index contributed by atoms with van der Waals surface area (Å²) < 4.78 is 0. The second kappa shape index (κ2) is 3.41. The van der Waals surface area contributed by atoms with E-state index in [9.17, 15) is 9.90 Å². The number of amides is 1. The van der Waals surface area contributed by atoms with Gasteiger partial charge in [0.25, 0.3) is 0 Å². The fraction of sp³-hybridized carbons (Fsp3) is 0.875. The summed E-state index contributed by atoms with van der Waals surface area (Å²) in [5, 5.41) is 9.60. The van der Waals surface area contributed by atoms with E-state index in [1.54, 1.807) is 0 Å². The largest absolute Gasteiger partial charge is 0.387 e. The summed E-state index contributed by atoms with van der Waals surface area (Å²) in [6.45, 7) is 4.00. The molecule has 4 heteroatoms. The maximum Gasteiger partial charge on any atom is 0.218 e. The fourth-order valence-electron chi connectivity index (χ4n) is 1.44. The second-order valence-electron chi connectivity index (χ2n) is 3.50. The van der Waals surface area contributed by atoms with Crippen LogP contribution in [0.15, 0.2) is 0 Å². The van der Waals surface area contributed by atoms with Gasteiger partial charge in [-0.1, -0.05) is 6.92 Å². The number of carbonyl (C=O) groups is 1.